The van der Waals surface area contributed by atoms with Crippen molar-refractivity contribution in [1.82, 2.24) is 10.2 Å². The first-order valence-corrected chi connectivity index (χ1v) is 17.6. The van der Waals surface area contributed by atoms with E-state index in [1.807, 2.05) is 35.2 Å². The fourth-order valence-electron chi connectivity index (χ4n) is 5.79. The third-order valence-electron chi connectivity index (χ3n) is 8.33. The number of piperidine rings is 1. The van der Waals surface area contributed by atoms with Gasteiger partial charge in [-0.15, -0.1) is 4.33 Å². The third kappa shape index (κ3) is 9.28. The SMILES string of the molecule is O=C(/C=C/c1ccc(F)c(-c2ccc3cc(S(=O)(=O)O)cc(SOOO)c3c2)c1)NCCCCC1CCN(C(=O)c2ccccc2)CC1. The molecule has 252 valence electrons. The van der Waals surface area contributed by atoms with Crippen molar-refractivity contribution in [3.63, 3.8) is 0 Å². The monoisotopic (exact) mass is 694 g/mol. The first kappa shape index (κ1) is 35.2. The minimum absolute atomic E-state index is 0.0871. The number of fused-ring (bicyclic) bond motifs is 1. The summed E-state index contributed by atoms with van der Waals surface area (Å²) in [7, 11) is -4.54. The van der Waals surface area contributed by atoms with Crippen LogP contribution in [-0.4, -0.2) is 54.6 Å². The Labute approximate surface area is 282 Å². The molecule has 1 saturated heterocycles. The molecule has 1 fully saturated rings. The highest BCUT2D eigenvalue weighted by Crippen LogP contribution is 2.35. The van der Waals surface area contributed by atoms with Gasteiger partial charge in [-0.25, -0.2) is 9.65 Å². The smallest absolute Gasteiger partial charge is 0.294 e. The third-order valence-corrected chi connectivity index (χ3v) is 9.81. The molecule has 0 radical (unpaired) electrons. The molecular weight excluding hydrogens is 660 g/mol. The maximum absolute atomic E-state index is 15.0. The van der Waals surface area contributed by atoms with Gasteiger partial charge >= 0.3 is 0 Å². The van der Waals surface area contributed by atoms with Gasteiger partial charge in [-0.05, 0) is 95.6 Å². The second kappa shape index (κ2) is 16.3. The van der Waals surface area contributed by atoms with Gasteiger partial charge in [0.05, 0.1) is 16.9 Å². The van der Waals surface area contributed by atoms with Crippen LogP contribution in [-0.2, 0) is 24.3 Å². The first-order chi connectivity index (χ1) is 23.1. The summed E-state index contributed by atoms with van der Waals surface area (Å²) in [6.07, 6.45) is 7.82. The molecule has 1 aliphatic rings. The van der Waals surface area contributed by atoms with E-state index in [9.17, 15) is 27.0 Å². The van der Waals surface area contributed by atoms with Crippen molar-refractivity contribution >= 4 is 50.8 Å². The summed E-state index contributed by atoms with van der Waals surface area (Å²) in [5.74, 6) is -0.119. The number of halogens is 1. The van der Waals surface area contributed by atoms with Gasteiger partial charge in [0.1, 0.15) is 5.82 Å². The van der Waals surface area contributed by atoms with Gasteiger partial charge in [-0.1, -0.05) is 54.3 Å². The average Bonchev–Trinajstić information content (AvgIpc) is 3.09. The molecular formula is C35H35FN2O8S2. The van der Waals surface area contributed by atoms with Gasteiger partial charge in [-0.3, -0.25) is 14.1 Å². The van der Waals surface area contributed by atoms with Crippen LogP contribution in [0.5, 0.6) is 0 Å². The van der Waals surface area contributed by atoms with Crippen molar-refractivity contribution in [2.24, 2.45) is 5.92 Å². The van der Waals surface area contributed by atoms with Crippen LogP contribution in [0, 0.1) is 11.7 Å². The van der Waals surface area contributed by atoms with Crippen molar-refractivity contribution in [3.05, 3.63) is 102 Å². The summed E-state index contributed by atoms with van der Waals surface area (Å²) in [6, 6.07) is 20.9. The number of carbonyl (C=O) groups excluding carboxylic acids is 2. The summed E-state index contributed by atoms with van der Waals surface area (Å²) >= 11 is 0.509. The van der Waals surface area contributed by atoms with E-state index in [1.165, 1.54) is 18.2 Å². The lowest BCUT2D eigenvalue weighted by Gasteiger charge is -2.32. The van der Waals surface area contributed by atoms with Gasteiger partial charge in [-0.2, -0.15) is 8.42 Å². The lowest BCUT2D eigenvalue weighted by molar-refractivity contribution is -0.432. The molecule has 4 aromatic rings. The molecule has 1 aliphatic heterocycles. The number of likely N-dealkylation sites (tertiary alicyclic amines) is 1. The fraction of sp³-hybridized carbons (Fsp3) is 0.257. The lowest BCUT2D eigenvalue weighted by atomic mass is 9.91. The topological polar surface area (TPSA) is 142 Å². The molecule has 10 nitrogen and oxygen atoms in total. The number of carbonyl (C=O) groups is 2. The number of rotatable bonds is 13. The maximum Gasteiger partial charge on any atom is 0.294 e. The van der Waals surface area contributed by atoms with Crippen LogP contribution < -0.4 is 5.32 Å². The van der Waals surface area contributed by atoms with E-state index in [-0.39, 0.29) is 22.3 Å². The zero-order valence-corrected chi connectivity index (χ0v) is 27.5. The van der Waals surface area contributed by atoms with E-state index < -0.39 is 20.8 Å². The van der Waals surface area contributed by atoms with Gasteiger partial charge in [0.2, 0.25) is 5.91 Å². The minimum Gasteiger partial charge on any atom is -0.353 e. The average molecular weight is 695 g/mol. The van der Waals surface area contributed by atoms with E-state index in [2.05, 4.69) is 14.7 Å². The van der Waals surface area contributed by atoms with E-state index in [1.54, 1.807) is 36.4 Å². The minimum atomic E-state index is -4.54. The lowest BCUT2D eigenvalue weighted by Crippen LogP contribution is -2.38. The van der Waals surface area contributed by atoms with Gasteiger partial charge in [0.15, 0.2) is 0 Å². The number of hydrogen-bond acceptors (Lipinski definition) is 8. The molecule has 0 aliphatic carbocycles. The zero-order chi connectivity index (χ0) is 34.1. The maximum atomic E-state index is 15.0. The quantitative estimate of drug-likeness (QED) is 0.0332. The van der Waals surface area contributed by atoms with E-state index >= 15 is 0 Å². The van der Waals surface area contributed by atoms with Crippen molar-refractivity contribution in [1.29, 1.82) is 0 Å². The Bertz CT molecular complexity index is 1900. The zero-order valence-electron chi connectivity index (χ0n) is 25.9. The Hall–Kier alpha value is -4.11. The molecule has 4 aromatic carbocycles. The molecule has 5 rings (SSSR count). The summed E-state index contributed by atoms with van der Waals surface area (Å²) < 4.78 is 52.4. The number of amides is 2. The van der Waals surface area contributed by atoms with E-state index in [0.717, 1.165) is 56.8 Å². The van der Waals surface area contributed by atoms with E-state index in [4.69, 9.17) is 5.26 Å². The molecule has 0 saturated carbocycles. The first-order valence-electron chi connectivity index (χ1n) is 15.4. The van der Waals surface area contributed by atoms with Gasteiger partial charge < -0.3 is 10.2 Å². The van der Waals surface area contributed by atoms with Crippen LogP contribution in [0.2, 0.25) is 0 Å². The second-order valence-corrected chi connectivity index (χ2v) is 13.7. The second-order valence-electron chi connectivity index (χ2n) is 11.5. The summed E-state index contributed by atoms with van der Waals surface area (Å²) in [5.41, 5.74) is 2.01. The van der Waals surface area contributed by atoms with Crippen LogP contribution >= 0.6 is 12.0 Å². The summed E-state index contributed by atoms with van der Waals surface area (Å²) in [4.78, 5) is 26.9. The molecule has 0 bridgehead atoms. The molecule has 0 unspecified atom stereocenters. The van der Waals surface area contributed by atoms with Crippen LogP contribution in [0.4, 0.5) is 4.39 Å². The Morgan fingerprint density at radius 1 is 1.00 bits per heavy atom. The Morgan fingerprint density at radius 3 is 2.50 bits per heavy atom. The molecule has 48 heavy (non-hydrogen) atoms. The summed E-state index contributed by atoms with van der Waals surface area (Å²) in [6.45, 7) is 2.06. The molecule has 2 amide bonds. The van der Waals surface area contributed by atoms with Crippen LogP contribution in [0.1, 0.15) is 48.0 Å². The highest BCUT2D eigenvalue weighted by atomic mass is 32.2. The van der Waals surface area contributed by atoms with Crippen LogP contribution in [0.15, 0.2) is 94.7 Å². The van der Waals surface area contributed by atoms with Gasteiger partial charge in [0, 0.05) is 41.7 Å². The Kier molecular flexibility index (Phi) is 12.0. The number of nitrogens with one attached hydrogen (secondary N) is 1. The largest absolute Gasteiger partial charge is 0.353 e. The Morgan fingerprint density at radius 2 is 1.77 bits per heavy atom. The number of benzene rings is 4. The normalized spacial score (nSPS) is 14.1. The summed E-state index contributed by atoms with van der Waals surface area (Å²) in [5, 5.41) is 16.0. The molecule has 13 heteroatoms. The fourth-order valence-corrected chi connectivity index (χ4v) is 6.95. The highest BCUT2D eigenvalue weighted by molar-refractivity contribution is 7.94. The molecule has 3 N–H and O–H groups in total. The van der Waals surface area contributed by atoms with Gasteiger partial charge in [0.25, 0.3) is 16.0 Å². The van der Waals surface area contributed by atoms with Crippen molar-refractivity contribution in [3.8, 4) is 11.1 Å². The van der Waals surface area contributed by atoms with E-state index in [0.29, 0.717) is 46.4 Å². The molecule has 0 spiro atoms. The Balaban J connectivity index is 1.12. The van der Waals surface area contributed by atoms with Crippen molar-refractivity contribution in [2.75, 3.05) is 19.6 Å². The highest BCUT2D eigenvalue weighted by Gasteiger charge is 2.23. The standard InChI is InChI=1S/C35H35FN2O8S2/c36-32-13-9-25(20-30(32)28-12-11-27-21-29(48(42,43)44)23-33(31(27)22-28)47-46-45-41)10-14-34(39)37-17-5-4-6-24-15-18-38(19-16-24)35(40)26-7-2-1-3-8-26/h1-3,7-14,20-24,41H,4-6,15-19H2,(H,37,39)(H,42,43,44)/b14-10+. The van der Waals surface area contributed by atoms with Crippen molar-refractivity contribution in [2.45, 2.75) is 41.9 Å². The molecule has 0 atom stereocenters. The predicted octanol–water partition coefficient (Wildman–Crippen LogP) is 7.17. The van der Waals surface area contributed by atoms with Crippen LogP contribution in [0.3, 0.4) is 0 Å². The van der Waals surface area contributed by atoms with Crippen LogP contribution in [0.25, 0.3) is 28.0 Å². The number of hydrogen-bond donors (Lipinski definition) is 3. The molecule has 0 aromatic heterocycles. The number of unbranched alkanes of at least 4 members (excludes halogenated alkanes) is 1. The predicted molar refractivity (Wildman–Crippen MR) is 181 cm³/mol. The molecule has 1 heterocycles. The van der Waals surface area contributed by atoms with Crippen molar-refractivity contribution < 1.29 is 41.6 Å². The number of nitrogens with zero attached hydrogens (tertiary/aromatic N) is 1.